The van der Waals surface area contributed by atoms with E-state index in [1.165, 1.54) is 0 Å². The molecule has 0 aliphatic carbocycles. The van der Waals surface area contributed by atoms with Gasteiger partial charge in [-0.1, -0.05) is 42.8 Å². The van der Waals surface area contributed by atoms with Crippen molar-refractivity contribution >= 4 is 14.3 Å². The maximum absolute atomic E-state index is 11.1. The second kappa shape index (κ2) is 5.32. The van der Waals surface area contributed by atoms with Gasteiger partial charge in [-0.2, -0.15) is 0 Å². The van der Waals surface area contributed by atoms with Crippen LogP contribution >= 0.6 is 0 Å². The van der Waals surface area contributed by atoms with Gasteiger partial charge in [0, 0.05) is 5.56 Å². The normalized spacial score (nSPS) is 17.9. The molecule has 0 spiro atoms. The van der Waals surface area contributed by atoms with Crippen LogP contribution in [0.1, 0.15) is 28.9 Å². The van der Waals surface area contributed by atoms with Gasteiger partial charge in [0.15, 0.2) is 0 Å². The van der Waals surface area contributed by atoms with Crippen molar-refractivity contribution in [3.05, 3.63) is 40.7 Å². The number of fused-ring (bicyclic) bond motifs is 1. The van der Waals surface area contributed by atoms with Gasteiger partial charge in [-0.3, -0.25) is 0 Å². The van der Waals surface area contributed by atoms with Crippen molar-refractivity contribution in [1.29, 1.82) is 0 Å². The van der Waals surface area contributed by atoms with E-state index in [1.54, 1.807) is 0 Å². The molecule has 0 N–H and O–H groups in total. The number of nitrogens with zero attached hydrogens (tertiary/aromatic N) is 1. The van der Waals surface area contributed by atoms with Crippen molar-refractivity contribution in [2.45, 2.75) is 13.0 Å². The predicted molar refractivity (Wildman–Crippen MR) is 48.3 cm³/mol. The fourth-order valence-corrected chi connectivity index (χ4v) is 1.37. The summed E-state index contributed by atoms with van der Waals surface area (Å²) in [4.78, 5) is 11.1. The van der Waals surface area contributed by atoms with Gasteiger partial charge in [-0.05, 0) is 0 Å². The van der Waals surface area contributed by atoms with Gasteiger partial charge in [0.25, 0.3) is 0 Å². The summed E-state index contributed by atoms with van der Waals surface area (Å²) in [6.07, 6.45) is 0. The van der Waals surface area contributed by atoms with E-state index in [2.05, 4.69) is 5.32 Å². The van der Waals surface area contributed by atoms with Crippen LogP contribution in [0.25, 0.3) is 5.32 Å². The third-order valence-electron chi connectivity index (χ3n) is 1.95. The fraction of sp³-hybridized carbons (Fsp3) is 0.222. The van der Waals surface area contributed by atoms with E-state index in [4.69, 9.17) is 0 Å². The quantitative estimate of drug-likeness (QED) is 0.484. The average molecular weight is 196 g/mol. The molecule has 1 aromatic rings. The summed E-state index contributed by atoms with van der Waals surface area (Å²) in [6, 6.07) is 7.63. The van der Waals surface area contributed by atoms with Crippen LogP contribution in [0.2, 0.25) is 0 Å². The first-order valence-electron chi connectivity index (χ1n) is 3.63. The summed E-state index contributed by atoms with van der Waals surface area (Å²) in [7, 11) is 0. The van der Waals surface area contributed by atoms with E-state index in [0.29, 0.717) is 0 Å². The number of amides is 1. The minimum Gasteiger partial charge on any atom is -1.00 e. The number of benzene rings is 1. The number of hydrogen-bond acceptors (Lipinski definition) is 1. The van der Waals surface area contributed by atoms with Crippen LogP contribution in [0.3, 0.4) is 0 Å². The summed E-state index contributed by atoms with van der Waals surface area (Å²) in [5, 5.41) is 3.92. The van der Waals surface area contributed by atoms with Crippen LogP contribution < -0.4 is 51.4 Å². The summed E-state index contributed by atoms with van der Waals surface area (Å²) >= 11 is 0. The van der Waals surface area contributed by atoms with E-state index in [-0.39, 0.29) is 71.7 Å². The molecule has 2 nitrogen and oxygen atoms in total. The molecule has 4 heteroatoms. The van der Waals surface area contributed by atoms with Gasteiger partial charge in [-0.25, -0.2) is 0 Å². The Balaban J connectivity index is 0.000000720. The third-order valence-corrected chi connectivity index (χ3v) is 1.95. The molecule has 1 atom stereocenters. The molecule has 0 aromatic heterocycles. The predicted octanol–water partition coefficient (Wildman–Crippen LogP) is -1.10. The van der Waals surface area contributed by atoms with E-state index < -0.39 is 0 Å². The van der Waals surface area contributed by atoms with E-state index in [0.717, 1.165) is 11.1 Å². The Labute approximate surface area is 122 Å². The first kappa shape index (κ1) is 13.4. The molecule has 60 valence electrons. The molecular formula is C9H8BKNO-. The van der Waals surface area contributed by atoms with Crippen LogP contribution in [0.4, 0.5) is 0 Å². The molecule has 1 unspecified atom stereocenters. The second-order valence-corrected chi connectivity index (χ2v) is 2.70. The molecule has 1 aromatic carbocycles. The standard InChI is InChI=1S/C9H9NO.B.K/c1-6-7-4-2-3-5-8(7)9(11)10-6;;/h2-6H,1H3,(H,10,11);;/q;-1;+1/p-1. The van der Waals surface area contributed by atoms with E-state index >= 15 is 0 Å². The molecular weight excluding hydrogens is 188 g/mol. The third kappa shape index (κ3) is 2.45. The zero-order valence-corrected chi connectivity index (χ0v) is 10.9. The molecule has 1 aliphatic rings. The summed E-state index contributed by atoms with van der Waals surface area (Å²) < 4.78 is 0. The molecule has 1 aliphatic heterocycles. The van der Waals surface area contributed by atoms with Crippen LogP contribution in [0, 0.1) is 0 Å². The first-order valence-corrected chi connectivity index (χ1v) is 3.63. The molecule has 2 rings (SSSR count). The maximum Gasteiger partial charge on any atom is 1.00 e. The van der Waals surface area contributed by atoms with Crippen molar-refractivity contribution in [1.82, 2.24) is 0 Å². The van der Waals surface area contributed by atoms with Crippen molar-refractivity contribution in [3.63, 3.8) is 0 Å². The number of hydrogen-bond donors (Lipinski definition) is 0. The van der Waals surface area contributed by atoms with Gasteiger partial charge >= 0.3 is 51.4 Å². The van der Waals surface area contributed by atoms with Gasteiger partial charge < -0.3 is 18.5 Å². The largest absolute Gasteiger partial charge is 1.00 e. The van der Waals surface area contributed by atoms with E-state index in [9.17, 15) is 4.79 Å². The monoisotopic (exact) mass is 196 g/mol. The number of carbonyl (C=O) groups is 1. The summed E-state index contributed by atoms with van der Waals surface area (Å²) in [5.74, 6) is -0.0758. The Morgan fingerprint density at radius 1 is 1.31 bits per heavy atom. The Morgan fingerprint density at radius 2 is 1.92 bits per heavy atom. The minimum absolute atomic E-state index is 0. The summed E-state index contributed by atoms with van der Waals surface area (Å²) in [6.45, 7) is 1.93. The Morgan fingerprint density at radius 3 is 2.54 bits per heavy atom. The Hall–Kier alpha value is 0.391. The van der Waals surface area contributed by atoms with Crippen molar-refractivity contribution < 1.29 is 56.2 Å². The molecule has 1 heterocycles. The first-order chi connectivity index (χ1) is 5.29. The molecule has 0 saturated carbocycles. The van der Waals surface area contributed by atoms with Gasteiger partial charge in [-0.15, -0.1) is 0 Å². The minimum atomic E-state index is -0.0758. The molecule has 0 fully saturated rings. The smallest absolute Gasteiger partial charge is 1.00 e. The Bertz CT molecular complexity index is 316. The average Bonchev–Trinajstić information content (AvgIpc) is 2.30. The van der Waals surface area contributed by atoms with Crippen LogP contribution in [-0.2, 0) is 0 Å². The fourth-order valence-electron chi connectivity index (χ4n) is 1.37. The molecule has 0 bridgehead atoms. The van der Waals surface area contributed by atoms with Crippen molar-refractivity contribution in [3.8, 4) is 0 Å². The zero-order chi connectivity index (χ0) is 7.84. The number of carbonyl (C=O) groups excluding carboxylic acids is 1. The SMILES string of the molecule is CC1[N-]C(=O)c2ccccc21.[B-].[K+]. The van der Waals surface area contributed by atoms with Gasteiger partial charge in [0.05, 0.1) is 5.91 Å². The van der Waals surface area contributed by atoms with Crippen LogP contribution in [-0.4, -0.2) is 14.3 Å². The second-order valence-electron chi connectivity index (χ2n) is 2.70. The molecule has 1 amide bonds. The molecule has 0 saturated heterocycles. The molecule has 4 radical (unpaired) electrons. The van der Waals surface area contributed by atoms with Gasteiger partial charge in [0.2, 0.25) is 0 Å². The zero-order valence-electron chi connectivity index (χ0n) is 7.82. The van der Waals surface area contributed by atoms with Crippen LogP contribution in [0.15, 0.2) is 24.3 Å². The van der Waals surface area contributed by atoms with E-state index in [1.807, 2.05) is 31.2 Å². The van der Waals surface area contributed by atoms with Crippen LogP contribution in [0.5, 0.6) is 0 Å². The molecule has 13 heavy (non-hydrogen) atoms. The van der Waals surface area contributed by atoms with Gasteiger partial charge in [0.1, 0.15) is 0 Å². The number of rotatable bonds is 0. The maximum atomic E-state index is 11.1. The topological polar surface area (TPSA) is 31.2 Å². The Kier molecular flexibility index (Phi) is 5.48. The van der Waals surface area contributed by atoms with Crippen molar-refractivity contribution in [2.24, 2.45) is 0 Å². The summed E-state index contributed by atoms with van der Waals surface area (Å²) in [5.41, 5.74) is 1.82. The van der Waals surface area contributed by atoms with Crippen molar-refractivity contribution in [2.75, 3.05) is 0 Å².